The number of hydrogen-bond donors (Lipinski definition) is 2. The Morgan fingerprint density at radius 1 is 1.39 bits per heavy atom. The molecule has 0 spiro atoms. The number of nitrogens with zero attached hydrogens (tertiary/aromatic N) is 2. The van der Waals surface area contributed by atoms with Crippen LogP contribution in [0.4, 0.5) is 0 Å². The predicted octanol–water partition coefficient (Wildman–Crippen LogP) is 2.10. The van der Waals surface area contributed by atoms with E-state index in [0.29, 0.717) is 25.1 Å². The molecule has 1 aliphatic heterocycles. The van der Waals surface area contributed by atoms with Gasteiger partial charge in [-0.05, 0) is 31.7 Å². The van der Waals surface area contributed by atoms with Crippen LogP contribution >= 0.6 is 0 Å². The normalized spacial score (nSPS) is 18.0. The van der Waals surface area contributed by atoms with Crippen molar-refractivity contribution in [3.63, 3.8) is 0 Å². The molecule has 1 atom stereocenters. The van der Waals surface area contributed by atoms with Gasteiger partial charge in [-0.2, -0.15) is 0 Å². The first-order chi connectivity index (χ1) is 11.3. The van der Waals surface area contributed by atoms with Gasteiger partial charge in [0.05, 0.1) is 19.3 Å². The lowest BCUT2D eigenvalue weighted by atomic mass is 10.2. The largest absolute Gasteiger partial charge is 0.478 e. The fourth-order valence-electron chi connectivity index (χ4n) is 2.32. The van der Waals surface area contributed by atoms with Crippen molar-refractivity contribution in [3.8, 4) is 5.88 Å². The van der Waals surface area contributed by atoms with Gasteiger partial charge >= 0.3 is 0 Å². The fourth-order valence-corrected chi connectivity index (χ4v) is 2.32. The van der Waals surface area contributed by atoms with Crippen LogP contribution in [0.15, 0.2) is 23.3 Å². The van der Waals surface area contributed by atoms with Crippen molar-refractivity contribution >= 4 is 5.96 Å². The van der Waals surface area contributed by atoms with E-state index in [2.05, 4.69) is 34.5 Å². The van der Waals surface area contributed by atoms with E-state index >= 15 is 0 Å². The van der Waals surface area contributed by atoms with Crippen LogP contribution in [-0.4, -0.2) is 43.4 Å². The van der Waals surface area contributed by atoms with Crippen molar-refractivity contribution in [2.75, 3.05) is 26.3 Å². The molecule has 0 radical (unpaired) electrons. The molecule has 1 aromatic heterocycles. The van der Waals surface area contributed by atoms with Crippen LogP contribution in [-0.2, 0) is 11.3 Å². The number of guanidine groups is 1. The summed E-state index contributed by atoms with van der Waals surface area (Å²) in [6.45, 7) is 7.93. The van der Waals surface area contributed by atoms with Gasteiger partial charge in [0.2, 0.25) is 5.88 Å². The summed E-state index contributed by atoms with van der Waals surface area (Å²) in [5, 5.41) is 6.60. The minimum absolute atomic E-state index is 0.301. The molecule has 6 heteroatoms. The molecule has 1 aromatic rings. The Kier molecular flexibility index (Phi) is 7.66. The van der Waals surface area contributed by atoms with E-state index in [-0.39, 0.29) is 0 Å². The molecule has 0 amide bonds. The number of aromatic nitrogens is 1. The first-order valence-electron chi connectivity index (χ1n) is 8.53. The molecule has 128 valence electrons. The highest BCUT2D eigenvalue weighted by atomic mass is 16.5. The first-order valence-corrected chi connectivity index (χ1v) is 8.53. The topological polar surface area (TPSA) is 67.8 Å². The first kappa shape index (κ1) is 17.5. The van der Waals surface area contributed by atoms with Gasteiger partial charge in [-0.3, -0.25) is 0 Å². The highest BCUT2D eigenvalue weighted by molar-refractivity contribution is 5.79. The van der Waals surface area contributed by atoms with Gasteiger partial charge in [-0.15, -0.1) is 0 Å². The molecule has 0 saturated carbocycles. The predicted molar refractivity (Wildman–Crippen MR) is 91.8 cm³/mol. The molecule has 1 aliphatic rings. The molecule has 1 fully saturated rings. The molecular formula is C17H28N4O2. The number of pyridine rings is 1. The smallest absolute Gasteiger partial charge is 0.213 e. The Balaban J connectivity index is 1.83. The molecule has 0 aromatic carbocycles. The molecule has 0 aliphatic carbocycles. The monoisotopic (exact) mass is 320 g/mol. The second-order valence-corrected chi connectivity index (χ2v) is 5.56. The molecule has 0 bridgehead atoms. The Labute approximate surface area is 138 Å². The molecule has 23 heavy (non-hydrogen) atoms. The summed E-state index contributed by atoms with van der Waals surface area (Å²) < 4.78 is 11.1. The third kappa shape index (κ3) is 6.44. The van der Waals surface area contributed by atoms with Gasteiger partial charge in [0.25, 0.3) is 0 Å². The van der Waals surface area contributed by atoms with Crippen molar-refractivity contribution in [3.05, 3.63) is 23.9 Å². The lowest BCUT2D eigenvalue weighted by molar-refractivity contribution is 0.114. The molecule has 1 unspecified atom stereocenters. The van der Waals surface area contributed by atoms with E-state index in [4.69, 9.17) is 9.47 Å². The Bertz CT molecular complexity index is 470. The Morgan fingerprint density at radius 3 is 2.96 bits per heavy atom. The summed E-state index contributed by atoms with van der Waals surface area (Å²) in [5.41, 5.74) is 1.06. The molecule has 2 heterocycles. The highest BCUT2D eigenvalue weighted by Gasteiger charge is 2.15. The minimum Gasteiger partial charge on any atom is -0.478 e. The summed E-state index contributed by atoms with van der Waals surface area (Å²) in [6.07, 6.45) is 5.37. The zero-order valence-electron chi connectivity index (χ0n) is 14.2. The molecule has 6 nitrogen and oxygen atoms in total. The maximum Gasteiger partial charge on any atom is 0.213 e. The van der Waals surface area contributed by atoms with Crippen molar-refractivity contribution in [1.82, 2.24) is 15.6 Å². The Morgan fingerprint density at radius 2 is 2.30 bits per heavy atom. The second kappa shape index (κ2) is 10.0. The van der Waals surface area contributed by atoms with Crippen LogP contribution in [0.5, 0.6) is 5.88 Å². The standard InChI is InChI=1S/C17H28N4O2/c1-3-9-23-16-8-7-14(11-19-16)12-20-17(18-4-2)21-13-15-6-5-10-22-15/h7-8,11,15H,3-6,9-10,12-13H2,1-2H3,(H2,18,20,21). The van der Waals surface area contributed by atoms with Crippen LogP contribution in [0.2, 0.25) is 0 Å². The number of hydrogen-bond acceptors (Lipinski definition) is 4. The van der Waals surface area contributed by atoms with Crippen molar-refractivity contribution < 1.29 is 9.47 Å². The van der Waals surface area contributed by atoms with E-state index in [1.165, 1.54) is 0 Å². The quantitative estimate of drug-likeness (QED) is 0.567. The van der Waals surface area contributed by atoms with Crippen LogP contribution in [0, 0.1) is 0 Å². The molecule has 2 rings (SSSR count). The van der Waals surface area contributed by atoms with Crippen LogP contribution in [0.25, 0.3) is 0 Å². The number of ether oxygens (including phenoxy) is 2. The van der Waals surface area contributed by atoms with Crippen LogP contribution < -0.4 is 15.4 Å². The minimum atomic E-state index is 0.301. The van der Waals surface area contributed by atoms with Crippen molar-refractivity contribution in [2.24, 2.45) is 4.99 Å². The zero-order chi connectivity index (χ0) is 16.3. The van der Waals surface area contributed by atoms with E-state index in [1.54, 1.807) is 0 Å². The van der Waals surface area contributed by atoms with E-state index < -0.39 is 0 Å². The van der Waals surface area contributed by atoms with E-state index in [0.717, 1.165) is 50.5 Å². The lowest BCUT2D eigenvalue weighted by Crippen LogP contribution is -2.41. The van der Waals surface area contributed by atoms with Gasteiger partial charge in [-0.25, -0.2) is 9.98 Å². The SMILES string of the molecule is CCCOc1ccc(CN=C(NCC)NCC2CCCO2)cn1. The maximum absolute atomic E-state index is 5.62. The summed E-state index contributed by atoms with van der Waals surface area (Å²) in [7, 11) is 0. The average Bonchev–Trinajstić information content (AvgIpc) is 3.10. The van der Waals surface area contributed by atoms with Gasteiger partial charge < -0.3 is 20.1 Å². The molecular weight excluding hydrogens is 292 g/mol. The van der Waals surface area contributed by atoms with E-state index in [9.17, 15) is 0 Å². The zero-order valence-corrected chi connectivity index (χ0v) is 14.2. The van der Waals surface area contributed by atoms with Gasteiger partial charge in [0.15, 0.2) is 5.96 Å². The van der Waals surface area contributed by atoms with Crippen molar-refractivity contribution in [2.45, 2.75) is 45.8 Å². The van der Waals surface area contributed by atoms with Crippen LogP contribution in [0.1, 0.15) is 38.7 Å². The number of aliphatic imine (C=N–C) groups is 1. The third-order valence-electron chi connectivity index (χ3n) is 3.54. The van der Waals surface area contributed by atoms with Crippen molar-refractivity contribution in [1.29, 1.82) is 0 Å². The summed E-state index contributed by atoms with van der Waals surface area (Å²) in [6, 6.07) is 3.90. The van der Waals surface area contributed by atoms with Crippen LogP contribution in [0.3, 0.4) is 0 Å². The third-order valence-corrected chi connectivity index (χ3v) is 3.54. The summed E-state index contributed by atoms with van der Waals surface area (Å²) >= 11 is 0. The summed E-state index contributed by atoms with van der Waals surface area (Å²) in [4.78, 5) is 8.89. The van der Waals surface area contributed by atoms with Gasteiger partial charge in [0, 0.05) is 32.0 Å². The van der Waals surface area contributed by atoms with Gasteiger partial charge in [-0.1, -0.05) is 13.0 Å². The highest BCUT2D eigenvalue weighted by Crippen LogP contribution is 2.11. The fraction of sp³-hybridized carbons (Fsp3) is 0.647. The van der Waals surface area contributed by atoms with Gasteiger partial charge in [0.1, 0.15) is 0 Å². The Hall–Kier alpha value is -1.82. The summed E-state index contributed by atoms with van der Waals surface area (Å²) in [5.74, 6) is 1.48. The maximum atomic E-state index is 5.62. The second-order valence-electron chi connectivity index (χ2n) is 5.56. The van der Waals surface area contributed by atoms with E-state index in [1.807, 2.05) is 18.3 Å². The number of nitrogens with one attached hydrogen (secondary N) is 2. The molecule has 1 saturated heterocycles. The molecule has 2 N–H and O–H groups in total. The number of rotatable bonds is 8. The average molecular weight is 320 g/mol. The lowest BCUT2D eigenvalue weighted by Gasteiger charge is -2.14.